The zero-order chi connectivity index (χ0) is 25.1. The van der Waals surface area contributed by atoms with Crippen LogP contribution in [0.4, 0.5) is 0 Å². The van der Waals surface area contributed by atoms with E-state index in [9.17, 15) is 0 Å². The molecule has 8 aliphatic carbocycles. The lowest BCUT2D eigenvalue weighted by Gasteiger charge is -2.50. The first-order chi connectivity index (χ1) is 18.8. The molecule has 1 N–H and O–H groups in total. The van der Waals surface area contributed by atoms with Gasteiger partial charge in [-0.2, -0.15) is 0 Å². The Bertz CT molecular complexity index is 990. The molecule has 0 bridgehead atoms. The average molecular weight is 512 g/mol. The van der Waals surface area contributed by atoms with Crippen molar-refractivity contribution in [2.45, 2.75) is 116 Å². The molecular formula is C37H53N. The van der Waals surface area contributed by atoms with Crippen molar-refractivity contribution in [3.63, 3.8) is 0 Å². The standard InChI is InChI=1S/C37H53N/c1-2-11-25(12-3-1)26-13-10-14-27(23-26)38-28-21-22-32-31-17-6-9-20-35(31)37(36(32)24-28)33-18-7-4-15-29(33)30-16-5-8-19-34(30)37/h2,11,21-26,29-36,38H,1,3-10,12-20H2. The first kappa shape index (κ1) is 24.5. The van der Waals surface area contributed by atoms with Crippen LogP contribution in [0.2, 0.25) is 0 Å². The summed E-state index contributed by atoms with van der Waals surface area (Å²) in [6, 6.07) is 0. The van der Waals surface area contributed by atoms with E-state index in [0.29, 0.717) is 5.41 Å². The molecule has 206 valence electrons. The van der Waals surface area contributed by atoms with Crippen molar-refractivity contribution in [1.82, 2.24) is 5.32 Å². The molecule has 0 saturated heterocycles. The summed E-state index contributed by atoms with van der Waals surface area (Å²) in [7, 11) is 0. The Balaban J connectivity index is 1.14. The predicted molar refractivity (Wildman–Crippen MR) is 158 cm³/mol. The first-order valence-electron chi connectivity index (χ1n) is 17.4. The lowest BCUT2D eigenvalue weighted by Crippen LogP contribution is -2.45. The molecule has 38 heavy (non-hydrogen) atoms. The molecule has 5 saturated carbocycles. The second kappa shape index (κ2) is 9.99. The van der Waals surface area contributed by atoms with Crippen LogP contribution in [0.1, 0.15) is 116 Å². The van der Waals surface area contributed by atoms with Crippen LogP contribution in [-0.2, 0) is 0 Å². The quantitative estimate of drug-likeness (QED) is 0.372. The van der Waals surface area contributed by atoms with Gasteiger partial charge in [0.15, 0.2) is 0 Å². The highest BCUT2D eigenvalue weighted by Gasteiger charge is 2.71. The summed E-state index contributed by atoms with van der Waals surface area (Å²) < 4.78 is 0. The largest absolute Gasteiger partial charge is 0.359 e. The van der Waals surface area contributed by atoms with E-state index in [0.717, 1.165) is 59.2 Å². The van der Waals surface area contributed by atoms with Crippen molar-refractivity contribution in [2.75, 3.05) is 0 Å². The predicted octanol–water partition coefficient (Wildman–Crippen LogP) is 9.74. The Labute approximate surface area is 233 Å². The topological polar surface area (TPSA) is 12.0 Å². The number of hydrogen-bond donors (Lipinski definition) is 1. The zero-order valence-corrected chi connectivity index (χ0v) is 24.0. The number of rotatable bonds is 3. The molecule has 5 fully saturated rings. The van der Waals surface area contributed by atoms with Gasteiger partial charge in [-0.05, 0) is 148 Å². The minimum Gasteiger partial charge on any atom is -0.359 e. The monoisotopic (exact) mass is 511 g/mol. The molecule has 0 radical (unpaired) electrons. The molecule has 1 spiro atoms. The van der Waals surface area contributed by atoms with E-state index < -0.39 is 0 Å². The molecule has 8 aliphatic rings. The molecule has 0 aromatic heterocycles. The maximum absolute atomic E-state index is 4.08. The van der Waals surface area contributed by atoms with E-state index in [-0.39, 0.29) is 0 Å². The van der Waals surface area contributed by atoms with Crippen molar-refractivity contribution >= 4 is 0 Å². The fourth-order valence-corrected chi connectivity index (χ4v) is 12.8. The van der Waals surface area contributed by atoms with Crippen LogP contribution in [0.25, 0.3) is 0 Å². The summed E-state index contributed by atoms with van der Waals surface area (Å²) in [4.78, 5) is 0. The molecule has 0 aromatic rings. The summed E-state index contributed by atoms with van der Waals surface area (Å²) >= 11 is 0. The van der Waals surface area contributed by atoms with Crippen LogP contribution < -0.4 is 5.32 Å². The SMILES string of the molecule is C1=CC(C2C=C(NC3=CC4C(C=C3)C3CCCCC3C43C4CCCCC4C4CCCCC43)CCC2)CCC1. The van der Waals surface area contributed by atoms with Crippen LogP contribution in [-0.4, -0.2) is 0 Å². The third kappa shape index (κ3) is 3.75. The highest BCUT2D eigenvalue weighted by molar-refractivity contribution is 5.35. The van der Waals surface area contributed by atoms with Crippen LogP contribution in [0, 0.1) is 64.6 Å². The van der Waals surface area contributed by atoms with Crippen LogP contribution in [0.3, 0.4) is 0 Å². The zero-order valence-electron chi connectivity index (χ0n) is 24.0. The highest BCUT2D eigenvalue weighted by atomic mass is 14.9. The molecule has 1 heteroatoms. The molecule has 0 heterocycles. The van der Waals surface area contributed by atoms with E-state index in [1.165, 1.54) is 94.9 Å². The lowest BCUT2D eigenvalue weighted by molar-refractivity contribution is -0.0142. The van der Waals surface area contributed by atoms with E-state index in [2.05, 4.69) is 41.8 Å². The Morgan fingerprint density at radius 3 is 1.97 bits per heavy atom. The molecule has 0 amide bonds. The maximum Gasteiger partial charge on any atom is 0.0341 e. The third-order valence-corrected chi connectivity index (χ3v) is 13.8. The van der Waals surface area contributed by atoms with E-state index in [1.54, 1.807) is 32.1 Å². The van der Waals surface area contributed by atoms with Gasteiger partial charge in [0.2, 0.25) is 0 Å². The molecule has 0 aromatic carbocycles. The van der Waals surface area contributed by atoms with Gasteiger partial charge in [0, 0.05) is 11.4 Å². The Morgan fingerprint density at radius 1 is 0.605 bits per heavy atom. The average Bonchev–Trinajstić information content (AvgIpc) is 3.45. The first-order valence-corrected chi connectivity index (χ1v) is 17.4. The third-order valence-electron chi connectivity index (χ3n) is 13.8. The molecular weight excluding hydrogens is 458 g/mol. The number of fused-ring (bicyclic) bond motifs is 10. The van der Waals surface area contributed by atoms with Crippen LogP contribution in [0.5, 0.6) is 0 Å². The second-order valence-corrected chi connectivity index (χ2v) is 15.1. The molecule has 8 rings (SSSR count). The van der Waals surface area contributed by atoms with Crippen molar-refractivity contribution in [1.29, 1.82) is 0 Å². The summed E-state index contributed by atoms with van der Waals surface area (Å²) in [5, 5.41) is 4.08. The summed E-state index contributed by atoms with van der Waals surface area (Å²) in [5.41, 5.74) is 3.64. The molecule has 0 aliphatic heterocycles. The van der Waals surface area contributed by atoms with Crippen molar-refractivity contribution in [3.05, 3.63) is 47.9 Å². The smallest absolute Gasteiger partial charge is 0.0341 e. The fraction of sp³-hybridized carbons (Fsp3) is 0.784. The summed E-state index contributed by atoms with van der Waals surface area (Å²) in [5.74, 6) is 9.36. The summed E-state index contributed by atoms with van der Waals surface area (Å²) in [6.45, 7) is 0. The molecule has 10 atom stereocenters. The molecule has 10 unspecified atom stereocenters. The fourth-order valence-electron chi connectivity index (χ4n) is 12.8. The normalized spacial score (nSPS) is 49.5. The number of allylic oxidation sites excluding steroid dienone is 7. The number of hydrogen-bond acceptors (Lipinski definition) is 1. The second-order valence-electron chi connectivity index (χ2n) is 15.1. The molecule has 1 nitrogen and oxygen atoms in total. The van der Waals surface area contributed by atoms with E-state index in [1.807, 2.05) is 0 Å². The van der Waals surface area contributed by atoms with Gasteiger partial charge in [-0.25, -0.2) is 0 Å². The Kier molecular flexibility index (Phi) is 6.45. The van der Waals surface area contributed by atoms with Crippen molar-refractivity contribution in [3.8, 4) is 0 Å². The highest BCUT2D eigenvalue weighted by Crippen LogP contribution is 2.76. The van der Waals surface area contributed by atoms with Gasteiger partial charge in [0.05, 0.1) is 0 Å². The van der Waals surface area contributed by atoms with Crippen molar-refractivity contribution < 1.29 is 0 Å². The van der Waals surface area contributed by atoms with E-state index >= 15 is 0 Å². The van der Waals surface area contributed by atoms with E-state index in [4.69, 9.17) is 0 Å². The minimum atomic E-state index is 0.625. The summed E-state index contributed by atoms with van der Waals surface area (Å²) in [6.07, 6.45) is 42.3. The minimum absolute atomic E-state index is 0.625. The van der Waals surface area contributed by atoms with Crippen LogP contribution >= 0.6 is 0 Å². The van der Waals surface area contributed by atoms with Crippen LogP contribution in [0.15, 0.2) is 47.9 Å². The van der Waals surface area contributed by atoms with Gasteiger partial charge in [-0.1, -0.05) is 68.9 Å². The Morgan fingerprint density at radius 2 is 1.26 bits per heavy atom. The maximum atomic E-state index is 4.08. The lowest BCUT2D eigenvalue weighted by atomic mass is 9.54. The Hall–Kier alpha value is -1.24. The van der Waals surface area contributed by atoms with Gasteiger partial charge in [-0.3, -0.25) is 0 Å². The number of nitrogens with one attached hydrogen (secondary N) is 1. The van der Waals surface area contributed by atoms with Gasteiger partial charge >= 0.3 is 0 Å². The van der Waals surface area contributed by atoms with Gasteiger partial charge in [0.25, 0.3) is 0 Å². The van der Waals surface area contributed by atoms with Gasteiger partial charge in [-0.15, -0.1) is 0 Å². The van der Waals surface area contributed by atoms with Crippen molar-refractivity contribution in [2.24, 2.45) is 64.6 Å². The van der Waals surface area contributed by atoms with Gasteiger partial charge < -0.3 is 5.32 Å². The van der Waals surface area contributed by atoms with Gasteiger partial charge in [0.1, 0.15) is 0 Å².